The Morgan fingerprint density at radius 3 is 2.43 bits per heavy atom. The summed E-state index contributed by atoms with van der Waals surface area (Å²) < 4.78 is 26.7. The normalized spacial score (nSPS) is 12.3. The van der Waals surface area contributed by atoms with E-state index in [9.17, 15) is 8.42 Å². The van der Waals surface area contributed by atoms with E-state index in [1.165, 1.54) is 9.87 Å². The number of hydrogen-bond acceptors (Lipinski definition) is 3. The van der Waals surface area contributed by atoms with E-state index < -0.39 is 10.0 Å². The average molecular weight is 312 g/mol. The first-order valence-corrected chi connectivity index (χ1v) is 8.99. The van der Waals surface area contributed by atoms with E-state index in [1.807, 2.05) is 13.1 Å². The molecule has 4 nitrogen and oxygen atoms in total. The molecule has 0 atom stereocenters. The smallest absolute Gasteiger partial charge is 0.242 e. The van der Waals surface area contributed by atoms with Gasteiger partial charge in [0, 0.05) is 20.1 Å². The summed E-state index contributed by atoms with van der Waals surface area (Å²) in [5, 5.41) is 3.10. The highest BCUT2D eigenvalue weighted by Crippen LogP contribution is 2.20. The molecule has 0 unspecified atom stereocenters. The summed E-state index contributed by atoms with van der Waals surface area (Å²) in [5.74, 6) is 0.491. The number of sulfonamides is 1. The van der Waals surface area contributed by atoms with Gasteiger partial charge in [-0.25, -0.2) is 12.7 Å². The lowest BCUT2D eigenvalue weighted by atomic mass is 10.1. The third-order valence-corrected chi connectivity index (χ3v) is 5.51. The highest BCUT2D eigenvalue weighted by Gasteiger charge is 2.21. The molecule has 0 saturated heterocycles. The Labute approximate surface area is 129 Å². The Hall–Kier alpha value is -0.910. The van der Waals surface area contributed by atoms with Crippen LogP contribution in [-0.4, -0.2) is 33.4 Å². The van der Waals surface area contributed by atoms with E-state index in [1.54, 1.807) is 19.2 Å². The Kier molecular flexibility index (Phi) is 6.84. The second-order valence-corrected chi connectivity index (χ2v) is 7.87. The lowest BCUT2D eigenvalue weighted by Gasteiger charge is -2.19. The van der Waals surface area contributed by atoms with Gasteiger partial charge in [-0.15, -0.1) is 0 Å². The number of aryl methyl sites for hydroxylation is 1. The van der Waals surface area contributed by atoms with Crippen LogP contribution in [0, 0.1) is 5.92 Å². The summed E-state index contributed by atoms with van der Waals surface area (Å²) in [6, 6.07) is 5.45. The molecule has 0 aromatic heterocycles. The summed E-state index contributed by atoms with van der Waals surface area (Å²) in [5.41, 5.74) is 2.24. The molecule has 0 aliphatic rings. The van der Waals surface area contributed by atoms with Gasteiger partial charge in [0.05, 0.1) is 4.90 Å². The quantitative estimate of drug-likeness (QED) is 0.803. The fourth-order valence-electron chi connectivity index (χ4n) is 2.20. The molecule has 1 aromatic rings. The zero-order chi connectivity index (χ0) is 16.0. The van der Waals surface area contributed by atoms with Gasteiger partial charge in [-0.3, -0.25) is 0 Å². The molecule has 1 rings (SSSR count). The molecule has 0 aliphatic carbocycles. The lowest BCUT2D eigenvalue weighted by Crippen LogP contribution is -2.29. The van der Waals surface area contributed by atoms with Gasteiger partial charge in [0.2, 0.25) is 10.0 Å². The van der Waals surface area contributed by atoms with Crippen molar-refractivity contribution in [2.45, 2.75) is 45.1 Å². The summed E-state index contributed by atoms with van der Waals surface area (Å²) in [4.78, 5) is 0.385. The molecule has 120 valence electrons. The first-order valence-electron chi connectivity index (χ1n) is 7.55. The summed E-state index contributed by atoms with van der Waals surface area (Å²) in [6.45, 7) is 7.51. The van der Waals surface area contributed by atoms with Crippen LogP contribution in [0.5, 0.6) is 0 Å². The molecule has 0 bridgehead atoms. The van der Waals surface area contributed by atoms with E-state index in [2.05, 4.69) is 26.1 Å². The Balaban J connectivity index is 3.05. The molecule has 1 aromatic carbocycles. The standard InChI is InChI=1S/C16H28N2O2S/c1-6-14-7-8-16(11-15(14)12-17-4)21(19,20)18(5)10-9-13(2)3/h7-8,11,13,17H,6,9-10,12H2,1-5H3. The molecule has 0 heterocycles. The van der Waals surface area contributed by atoms with E-state index in [-0.39, 0.29) is 0 Å². The molecule has 5 heteroatoms. The summed E-state index contributed by atoms with van der Waals surface area (Å²) in [7, 11) is 0.131. The van der Waals surface area contributed by atoms with Gasteiger partial charge in [-0.05, 0) is 49.1 Å². The van der Waals surface area contributed by atoms with Crippen molar-refractivity contribution in [3.63, 3.8) is 0 Å². The van der Waals surface area contributed by atoms with Gasteiger partial charge in [0.25, 0.3) is 0 Å². The van der Waals surface area contributed by atoms with E-state index in [0.29, 0.717) is 23.9 Å². The monoisotopic (exact) mass is 312 g/mol. The average Bonchev–Trinajstić information content (AvgIpc) is 2.44. The van der Waals surface area contributed by atoms with Gasteiger partial charge in [0.1, 0.15) is 0 Å². The topological polar surface area (TPSA) is 49.4 Å². The zero-order valence-electron chi connectivity index (χ0n) is 13.8. The van der Waals surface area contributed by atoms with Crippen molar-refractivity contribution >= 4 is 10.0 Å². The Morgan fingerprint density at radius 2 is 1.90 bits per heavy atom. The fourth-order valence-corrected chi connectivity index (χ4v) is 3.44. The summed E-state index contributed by atoms with van der Waals surface area (Å²) >= 11 is 0. The molecule has 0 spiro atoms. The third-order valence-electron chi connectivity index (χ3n) is 3.66. The molecule has 0 radical (unpaired) electrons. The highest BCUT2D eigenvalue weighted by molar-refractivity contribution is 7.89. The van der Waals surface area contributed by atoms with Crippen LogP contribution in [0.25, 0.3) is 0 Å². The van der Waals surface area contributed by atoms with Crippen molar-refractivity contribution < 1.29 is 8.42 Å². The van der Waals surface area contributed by atoms with Crippen LogP contribution in [0.1, 0.15) is 38.3 Å². The van der Waals surface area contributed by atoms with Gasteiger partial charge >= 0.3 is 0 Å². The third kappa shape index (κ3) is 4.80. The van der Waals surface area contributed by atoms with Crippen molar-refractivity contribution in [2.75, 3.05) is 20.6 Å². The Bertz CT molecular complexity index is 553. The number of hydrogen-bond donors (Lipinski definition) is 1. The summed E-state index contributed by atoms with van der Waals surface area (Å²) in [6.07, 6.45) is 1.77. The first kappa shape index (κ1) is 18.1. The van der Waals surface area contributed by atoms with Crippen molar-refractivity contribution in [1.29, 1.82) is 0 Å². The van der Waals surface area contributed by atoms with Crippen LogP contribution in [0.4, 0.5) is 0 Å². The van der Waals surface area contributed by atoms with Crippen molar-refractivity contribution in [3.05, 3.63) is 29.3 Å². The molecular formula is C16H28N2O2S. The number of benzene rings is 1. The van der Waals surface area contributed by atoms with Crippen molar-refractivity contribution in [1.82, 2.24) is 9.62 Å². The maximum absolute atomic E-state index is 12.6. The van der Waals surface area contributed by atoms with Gasteiger partial charge in [-0.1, -0.05) is 26.8 Å². The first-order chi connectivity index (χ1) is 9.82. The molecule has 21 heavy (non-hydrogen) atoms. The van der Waals surface area contributed by atoms with Crippen LogP contribution in [-0.2, 0) is 23.0 Å². The molecule has 0 aliphatic heterocycles. The predicted molar refractivity (Wildman–Crippen MR) is 87.9 cm³/mol. The largest absolute Gasteiger partial charge is 0.316 e. The van der Waals surface area contributed by atoms with Crippen LogP contribution >= 0.6 is 0 Å². The second kappa shape index (κ2) is 7.92. The van der Waals surface area contributed by atoms with Crippen molar-refractivity contribution in [3.8, 4) is 0 Å². The number of rotatable bonds is 8. The Morgan fingerprint density at radius 1 is 1.24 bits per heavy atom. The van der Waals surface area contributed by atoms with Gasteiger partial charge < -0.3 is 5.32 Å². The predicted octanol–water partition coefficient (Wildman–Crippen LogP) is 2.64. The van der Waals surface area contributed by atoms with Crippen molar-refractivity contribution in [2.24, 2.45) is 5.92 Å². The second-order valence-electron chi connectivity index (χ2n) is 5.82. The molecule has 1 N–H and O–H groups in total. The molecular weight excluding hydrogens is 284 g/mol. The van der Waals surface area contributed by atoms with Crippen LogP contribution in [0.3, 0.4) is 0 Å². The molecule has 0 saturated carbocycles. The fraction of sp³-hybridized carbons (Fsp3) is 0.625. The maximum Gasteiger partial charge on any atom is 0.242 e. The SMILES string of the molecule is CCc1ccc(S(=O)(=O)N(C)CCC(C)C)cc1CNC. The van der Waals surface area contributed by atoms with Crippen LogP contribution < -0.4 is 5.32 Å². The zero-order valence-corrected chi connectivity index (χ0v) is 14.6. The molecule has 0 amide bonds. The van der Waals surface area contributed by atoms with E-state index in [4.69, 9.17) is 0 Å². The van der Waals surface area contributed by atoms with E-state index in [0.717, 1.165) is 18.4 Å². The number of nitrogens with zero attached hydrogens (tertiary/aromatic N) is 1. The highest BCUT2D eigenvalue weighted by atomic mass is 32.2. The van der Waals surface area contributed by atoms with Crippen LogP contribution in [0.15, 0.2) is 23.1 Å². The minimum Gasteiger partial charge on any atom is -0.316 e. The number of nitrogens with one attached hydrogen (secondary N) is 1. The van der Waals surface area contributed by atoms with Gasteiger partial charge in [-0.2, -0.15) is 0 Å². The minimum atomic E-state index is -3.39. The van der Waals surface area contributed by atoms with E-state index >= 15 is 0 Å². The maximum atomic E-state index is 12.6. The molecule has 0 fully saturated rings. The lowest BCUT2D eigenvalue weighted by molar-refractivity contribution is 0.428. The minimum absolute atomic E-state index is 0.385. The van der Waals surface area contributed by atoms with Crippen LogP contribution in [0.2, 0.25) is 0 Å². The van der Waals surface area contributed by atoms with Gasteiger partial charge in [0.15, 0.2) is 0 Å².